The summed E-state index contributed by atoms with van der Waals surface area (Å²) < 4.78 is 27.6. The Bertz CT molecular complexity index is 669. The van der Waals surface area contributed by atoms with Crippen LogP contribution in [-0.2, 0) is 10.0 Å². The van der Waals surface area contributed by atoms with Crippen molar-refractivity contribution in [3.8, 4) is 0 Å². The molecule has 0 amide bonds. The third kappa shape index (κ3) is 3.01. The summed E-state index contributed by atoms with van der Waals surface area (Å²) in [6, 6.07) is 3.42. The molecule has 0 aliphatic heterocycles. The highest BCUT2D eigenvalue weighted by molar-refractivity contribution is 7.89. The highest BCUT2D eigenvalue weighted by Crippen LogP contribution is 2.45. The summed E-state index contributed by atoms with van der Waals surface area (Å²) in [5, 5.41) is 10.7. The van der Waals surface area contributed by atoms with Gasteiger partial charge in [-0.2, -0.15) is 0 Å². The SMILES string of the molecule is Nc1cc([N+](=O)[O-])ccc1S(=O)(=O)NC(C1CC1)C1CC1. The maximum atomic E-state index is 12.4. The molecule has 7 nitrogen and oxygen atoms in total. The van der Waals surface area contributed by atoms with Gasteiger partial charge >= 0.3 is 0 Å². The molecule has 0 spiro atoms. The molecule has 21 heavy (non-hydrogen) atoms. The van der Waals surface area contributed by atoms with Gasteiger partial charge in [0.25, 0.3) is 5.69 Å². The molecular formula is C13H17N3O4S. The van der Waals surface area contributed by atoms with E-state index in [-0.39, 0.29) is 22.3 Å². The number of nitro groups is 1. The number of nitrogens with two attached hydrogens (primary N) is 1. The molecule has 0 atom stereocenters. The van der Waals surface area contributed by atoms with Gasteiger partial charge in [-0.3, -0.25) is 10.1 Å². The van der Waals surface area contributed by atoms with Crippen LogP contribution in [0.3, 0.4) is 0 Å². The van der Waals surface area contributed by atoms with Crippen molar-refractivity contribution in [3.05, 3.63) is 28.3 Å². The predicted molar refractivity (Wildman–Crippen MR) is 77.1 cm³/mol. The fourth-order valence-corrected chi connectivity index (χ4v) is 4.11. The predicted octanol–water partition coefficient (Wildman–Crippen LogP) is 1.64. The lowest BCUT2D eigenvalue weighted by Crippen LogP contribution is -2.38. The average molecular weight is 311 g/mol. The number of nitrogens with one attached hydrogen (secondary N) is 1. The summed E-state index contributed by atoms with van der Waals surface area (Å²) in [6.07, 6.45) is 4.22. The third-order valence-electron chi connectivity index (χ3n) is 4.04. The van der Waals surface area contributed by atoms with E-state index in [1.807, 2.05) is 0 Å². The van der Waals surface area contributed by atoms with Gasteiger partial charge in [0.05, 0.1) is 10.6 Å². The van der Waals surface area contributed by atoms with Crippen molar-refractivity contribution < 1.29 is 13.3 Å². The second-order valence-corrected chi connectivity index (χ2v) is 7.48. The zero-order chi connectivity index (χ0) is 15.2. The summed E-state index contributed by atoms with van der Waals surface area (Å²) in [6.45, 7) is 0. The molecule has 114 valence electrons. The van der Waals surface area contributed by atoms with Gasteiger partial charge in [0.2, 0.25) is 10.0 Å². The molecule has 0 saturated heterocycles. The molecule has 1 aromatic rings. The van der Waals surface area contributed by atoms with E-state index in [4.69, 9.17) is 5.73 Å². The van der Waals surface area contributed by atoms with Crippen molar-refractivity contribution in [2.45, 2.75) is 36.6 Å². The van der Waals surface area contributed by atoms with Crippen molar-refractivity contribution in [1.82, 2.24) is 4.72 Å². The largest absolute Gasteiger partial charge is 0.397 e. The Morgan fingerprint density at radius 3 is 2.24 bits per heavy atom. The Kier molecular flexibility index (Phi) is 3.37. The van der Waals surface area contributed by atoms with Crippen LogP contribution in [0.4, 0.5) is 11.4 Å². The number of anilines is 1. The Balaban J connectivity index is 1.85. The summed E-state index contributed by atoms with van der Waals surface area (Å²) in [5.41, 5.74) is 5.37. The molecular weight excluding hydrogens is 294 g/mol. The molecule has 3 N–H and O–H groups in total. The van der Waals surface area contributed by atoms with Crippen molar-refractivity contribution in [2.75, 3.05) is 5.73 Å². The van der Waals surface area contributed by atoms with E-state index >= 15 is 0 Å². The summed E-state index contributed by atoms with van der Waals surface area (Å²) in [5.74, 6) is 0.845. The average Bonchev–Trinajstić information content (AvgIpc) is 3.27. The lowest BCUT2D eigenvalue weighted by atomic mass is 10.1. The molecule has 2 aliphatic carbocycles. The standard InChI is InChI=1S/C13H17N3O4S/c14-11-7-10(16(17)18)5-6-12(11)21(19,20)15-13(8-1-2-8)9-3-4-9/h5-9,13,15H,1-4,14H2. The van der Waals surface area contributed by atoms with Crippen molar-refractivity contribution in [1.29, 1.82) is 0 Å². The van der Waals surface area contributed by atoms with Gasteiger partial charge in [-0.05, 0) is 43.6 Å². The monoisotopic (exact) mass is 311 g/mol. The van der Waals surface area contributed by atoms with E-state index in [9.17, 15) is 18.5 Å². The molecule has 0 unspecified atom stereocenters. The van der Waals surface area contributed by atoms with E-state index in [1.165, 1.54) is 6.07 Å². The Labute approximate surface area is 122 Å². The Hall–Kier alpha value is -1.67. The van der Waals surface area contributed by atoms with Gasteiger partial charge in [-0.1, -0.05) is 0 Å². The zero-order valence-electron chi connectivity index (χ0n) is 11.4. The lowest BCUT2D eigenvalue weighted by molar-refractivity contribution is -0.384. The highest BCUT2D eigenvalue weighted by Gasteiger charge is 2.43. The summed E-state index contributed by atoms with van der Waals surface area (Å²) in [4.78, 5) is 9.99. The number of nitro benzene ring substituents is 1. The zero-order valence-corrected chi connectivity index (χ0v) is 12.2. The van der Waals surface area contributed by atoms with Gasteiger partial charge in [0.15, 0.2) is 0 Å². The Morgan fingerprint density at radius 2 is 1.81 bits per heavy atom. The first-order valence-electron chi connectivity index (χ1n) is 6.95. The van der Waals surface area contributed by atoms with Crippen LogP contribution in [0.5, 0.6) is 0 Å². The van der Waals surface area contributed by atoms with Crippen LogP contribution >= 0.6 is 0 Å². The smallest absolute Gasteiger partial charge is 0.271 e. The maximum absolute atomic E-state index is 12.4. The van der Waals surface area contributed by atoms with Crippen LogP contribution in [0.2, 0.25) is 0 Å². The van der Waals surface area contributed by atoms with Crippen LogP contribution in [0.25, 0.3) is 0 Å². The number of hydrogen-bond donors (Lipinski definition) is 2. The van der Waals surface area contributed by atoms with Gasteiger partial charge in [0, 0.05) is 18.2 Å². The highest BCUT2D eigenvalue weighted by atomic mass is 32.2. The van der Waals surface area contributed by atoms with E-state index < -0.39 is 14.9 Å². The van der Waals surface area contributed by atoms with Crippen LogP contribution in [0, 0.1) is 22.0 Å². The van der Waals surface area contributed by atoms with Gasteiger partial charge in [-0.15, -0.1) is 0 Å². The van der Waals surface area contributed by atoms with Crippen LogP contribution < -0.4 is 10.5 Å². The first-order chi connectivity index (χ1) is 9.88. The minimum atomic E-state index is -3.74. The fraction of sp³-hybridized carbons (Fsp3) is 0.538. The first-order valence-corrected chi connectivity index (χ1v) is 8.43. The maximum Gasteiger partial charge on any atom is 0.271 e. The molecule has 3 rings (SSSR count). The van der Waals surface area contributed by atoms with Gasteiger partial charge in [0.1, 0.15) is 4.90 Å². The molecule has 8 heteroatoms. The van der Waals surface area contributed by atoms with E-state index in [0.717, 1.165) is 37.8 Å². The number of sulfonamides is 1. The second-order valence-electron chi connectivity index (χ2n) is 5.80. The minimum Gasteiger partial charge on any atom is -0.397 e. The molecule has 0 radical (unpaired) electrons. The third-order valence-corrected chi connectivity index (χ3v) is 5.58. The number of nitrogen functional groups attached to an aromatic ring is 1. The quantitative estimate of drug-likeness (QED) is 0.471. The molecule has 0 bridgehead atoms. The van der Waals surface area contributed by atoms with Crippen LogP contribution in [0.1, 0.15) is 25.7 Å². The molecule has 2 aliphatic rings. The summed E-state index contributed by atoms with van der Waals surface area (Å²) in [7, 11) is -3.74. The molecule has 0 heterocycles. The van der Waals surface area contributed by atoms with Crippen LogP contribution in [0.15, 0.2) is 23.1 Å². The Morgan fingerprint density at radius 1 is 1.24 bits per heavy atom. The second kappa shape index (κ2) is 4.96. The molecule has 2 saturated carbocycles. The van der Waals surface area contributed by atoms with Gasteiger partial charge < -0.3 is 5.73 Å². The van der Waals surface area contributed by atoms with Crippen molar-refractivity contribution >= 4 is 21.4 Å². The molecule has 1 aromatic carbocycles. The van der Waals surface area contributed by atoms with Crippen molar-refractivity contribution in [2.24, 2.45) is 11.8 Å². The minimum absolute atomic E-state index is 0.0235. The topological polar surface area (TPSA) is 115 Å². The number of hydrogen-bond acceptors (Lipinski definition) is 5. The van der Waals surface area contributed by atoms with Crippen molar-refractivity contribution in [3.63, 3.8) is 0 Å². The number of rotatable bonds is 6. The van der Waals surface area contributed by atoms with E-state index in [2.05, 4.69) is 4.72 Å². The number of nitrogens with zero attached hydrogens (tertiary/aromatic N) is 1. The lowest BCUT2D eigenvalue weighted by Gasteiger charge is -2.18. The fourth-order valence-electron chi connectivity index (χ4n) is 2.62. The normalized spacial score (nSPS) is 18.9. The first kappa shape index (κ1) is 14.3. The molecule has 0 aromatic heterocycles. The summed E-state index contributed by atoms with van der Waals surface area (Å²) >= 11 is 0. The molecule has 2 fully saturated rings. The van der Waals surface area contributed by atoms with E-state index in [0.29, 0.717) is 11.8 Å². The van der Waals surface area contributed by atoms with Gasteiger partial charge in [-0.25, -0.2) is 13.1 Å². The number of benzene rings is 1. The van der Waals surface area contributed by atoms with E-state index in [1.54, 1.807) is 0 Å². The van der Waals surface area contributed by atoms with Crippen LogP contribution in [-0.4, -0.2) is 19.4 Å². The number of non-ortho nitro benzene ring substituents is 1.